The maximum atomic E-state index is 12.6. The lowest BCUT2D eigenvalue weighted by atomic mass is 10.1. The fourth-order valence-corrected chi connectivity index (χ4v) is 3.14. The minimum Gasteiger partial charge on any atom is -0.480 e. The van der Waals surface area contributed by atoms with Gasteiger partial charge in [0.25, 0.3) is 5.91 Å². The highest BCUT2D eigenvalue weighted by Crippen LogP contribution is 2.29. The summed E-state index contributed by atoms with van der Waals surface area (Å²) in [6.45, 7) is 2.92. The van der Waals surface area contributed by atoms with E-state index in [1.54, 1.807) is 0 Å². The average molecular weight is 321 g/mol. The van der Waals surface area contributed by atoms with Crippen LogP contribution in [0.5, 0.6) is 5.75 Å². The maximum absolute atomic E-state index is 12.6. The molecule has 2 heterocycles. The van der Waals surface area contributed by atoms with E-state index in [2.05, 4.69) is 21.8 Å². The van der Waals surface area contributed by atoms with Crippen molar-refractivity contribution in [2.45, 2.75) is 32.4 Å². The molecule has 4 rings (SSSR count). The molecule has 5 nitrogen and oxygen atoms in total. The molecule has 0 unspecified atom stereocenters. The summed E-state index contributed by atoms with van der Waals surface area (Å²) in [6, 6.07) is 15.7. The summed E-state index contributed by atoms with van der Waals surface area (Å²) in [5.41, 5.74) is 2.99. The van der Waals surface area contributed by atoms with Gasteiger partial charge in [0, 0.05) is 13.0 Å². The first-order valence-corrected chi connectivity index (χ1v) is 8.27. The number of rotatable bonds is 4. The topological polar surface area (TPSA) is 56.2 Å². The van der Waals surface area contributed by atoms with Crippen molar-refractivity contribution in [1.29, 1.82) is 0 Å². The van der Waals surface area contributed by atoms with Crippen molar-refractivity contribution >= 4 is 22.9 Å². The number of aromatic nitrogens is 2. The van der Waals surface area contributed by atoms with Crippen LogP contribution in [0.2, 0.25) is 0 Å². The minimum atomic E-state index is -0.503. The molecule has 2 aromatic carbocycles. The molecule has 122 valence electrons. The van der Waals surface area contributed by atoms with E-state index in [0.717, 1.165) is 35.3 Å². The zero-order chi connectivity index (χ0) is 16.5. The fourth-order valence-electron chi connectivity index (χ4n) is 3.14. The van der Waals surface area contributed by atoms with Crippen molar-refractivity contribution in [3.63, 3.8) is 0 Å². The molecule has 1 amide bonds. The van der Waals surface area contributed by atoms with Gasteiger partial charge in [-0.3, -0.25) is 10.1 Å². The zero-order valence-electron chi connectivity index (χ0n) is 13.5. The van der Waals surface area contributed by atoms with Crippen LogP contribution >= 0.6 is 0 Å². The average Bonchev–Trinajstić information content (AvgIpc) is 3.17. The molecule has 0 radical (unpaired) electrons. The fraction of sp³-hybridized carbons (Fsp3) is 0.263. The third-order valence-electron chi connectivity index (χ3n) is 4.28. The molecule has 1 aliphatic heterocycles. The smallest absolute Gasteiger partial charge is 0.268 e. The predicted octanol–water partition coefficient (Wildman–Crippen LogP) is 3.39. The number of hydrogen-bond acceptors (Lipinski definition) is 3. The number of nitrogens with zero attached hydrogens (tertiary/aromatic N) is 2. The van der Waals surface area contributed by atoms with E-state index >= 15 is 0 Å². The Bertz CT molecular complexity index is 876. The number of para-hydroxylation sites is 3. The van der Waals surface area contributed by atoms with E-state index in [9.17, 15) is 4.79 Å². The number of carbonyl (C=O) groups is 1. The lowest BCUT2D eigenvalue weighted by molar-refractivity contribution is -0.122. The third-order valence-corrected chi connectivity index (χ3v) is 4.28. The monoisotopic (exact) mass is 321 g/mol. The number of aryl methyl sites for hydroxylation is 1. The molecule has 3 aromatic rings. The molecule has 0 fully saturated rings. The van der Waals surface area contributed by atoms with Crippen LogP contribution in [0.25, 0.3) is 11.0 Å². The highest BCUT2D eigenvalue weighted by molar-refractivity contribution is 5.95. The highest BCUT2D eigenvalue weighted by Gasteiger charge is 2.29. The van der Waals surface area contributed by atoms with Crippen molar-refractivity contribution in [2.24, 2.45) is 0 Å². The largest absolute Gasteiger partial charge is 0.480 e. The quantitative estimate of drug-likeness (QED) is 0.801. The van der Waals surface area contributed by atoms with Crippen LogP contribution in [0.3, 0.4) is 0 Å². The summed E-state index contributed by atoms with van der Waals surface area (Å²) >= 11 is 0. The number of fused-ring (bicyclic) bond motifs is 2. The molecule has 1 aromatic heterocycles. The summed E-state index contributed by atoms with van der Waals surface area (Å²) in [5.74, 6) is 1.22. The second kappa shape index (κ2) is 6.00. The van der Waals surface area contributed by atoms with Crippen LogP contribution in [-0.4, -0.2) is 21.6 Å². The van der Waals surface area contributed by atoms with Crippen molar-refractivity contribution in [3.05, 3.63) is 54.1 Å². The first-order valence-electron chi connectivity index (χ1n) is 8.27. The van der Waals surface area contributed by atoms with Gasteiger partial charge < -0.3 is 9.30 Å². The Hall–Kier alpha value is -2.82. The van der Waals surface area contributed by atoms with Gasteiger partial charge in [0.1, 0.15) is 5.75 Å². The molecule has 1 N–H and O–H groups in total. The van der Waals surface area contributed by atoms with E-state index < -0.39 is 6.10 Å². The van der Waals surface area contributed by atoms with Crippen molar-refractivity contribution in [1.82, 2.24) is 9.55 Å². The van der Waals surface area contributed by atoms with Crippen molar-refractivity contribution in [3.8, 4) is 5.75 Å². The predicted molar refractivity (Wildman–Crippen MR) is 93.2 cm³/mol. The number of carbonyl (C=O) groups excluding carboxylic acids is 1. The van der Waals surface area contributed by atoms with Crippen LogP contribution in [-0.2, 0) is 17.8 Å². The van der Waals surface area contributed by atoms with Gasteiger partial charge in [-0.25, -0.2) is 4.98 Å². The van der Waals surface area contributed by atoms with Gasteiger partial charge in [-0.15, -0.1) is 0 Å². The molecule has 0 bridgehead atoms. The lowest BCUT2D eigenvalue weighted by Crippen LogP contribution is -2.32. The molecule has 1 atom stereocenters. The van der Waals surface area contributed by atoms with Crippen LogP contribution in [0.4, 0.5) is 5.95 Å². The molecule has 1 aliphatic rings. The number of ether oxygens (including phenoxy) is 1. The van der Waals surface area contributed by atoms with Crippen LogP contribution in [0.1, 0.15) is 18.9 Å². The molecule has 0 saturated heterocycles. The van der Waals surface area contributed by atoms with Gasteiger partial charge in [0.15, 0.2) is 6.10 Å². The number of nitrogens with one attached hydrogen (secondary N) is 1. The number of anilines is 1. The Morgan fingerprint density at radius 1 is 1.25 bits per heavy atom. The van der Waals surface area contributed by atoms with Gasteiger partial charge in [-0.05, 0) is 30.2 Å². The second-order valence-electron chi connectivity index (χ2n) is 5.98. The van der Waals surface area contributed by atoms with Gasteiger partial charge in [0.05, 0.1) is 11.0 Å². The standard InChI is InChI=1S/C19H19N3O2/c1-2-11-22-15-9-5-4-8-14(15)20-19(22)21-18(23)17-12-13-7-3-6-10-16(13)24-17/h3-10,17H,2,11-12H2,1H3,(H,20,21,23)/t17-/m0/s1. The zero-order valence-corrected chi connectivity index (χ0v) is 13.5. The SMILES string of the molecule is CCCn1c(NC(=O)[C@@H]2Cc3ccccc3O2)nc2ccccc21. The van der Waals surface area contributed by atoms with E-state index in [4.69, 9.17) is 4.74 Å². The van der Waals surface area contributed by atoms with Gasteiger partial charge in [-0.2, -0.15) is 0 Å². The van der Waals surface area contributed by atoms with E-state index in [1.165, 1.54) is 0 Å². The first-order chi connectivity index (χ1) is 11.8. The minimum absolute atomic E-state index is 0.154. The Morgan fingerprint density at radius 2 is 2.04 bits per heavy atom. The molecular weight excluding hydrogens is 302 g/mol. The number of amides is 1. The van der Waals surface area contributed by atoms with Gasteiger partial charge in [0.2, 0.25) is 5.95 Å². The molecule has 24 heavy (non-hydrogen) atoms. The summed E-state index contributed by atoms with van der Waals surface area (Å²) in [4.78, 5) is 17.2. The Balaban J connectivity index is 1.58. The molecule has 5 heteroatoms. The van der Waals surface area contributed by atoms with Gasteiger partial charge >= 0.3 is 0 Å². The molecule has 0 spiro atoms. The van der Waals surface area contributed by atoms with Crippen LogP contribution < -0.4 is 10.1 Å². The van der Waals surface area contributed by atoms with Crippen LogP contribution in [0.15, 0.2) is 48.5 Å². The Kier molecular flexibility index (Phi) is 3.69. The van der Waals surface area contributed by atoms with Crippen molar-refractivity contribution in [2.75, 3.05) is 5.32 Å². The second-order valence-corrected chi connectivity index (χ2v) is 5.98. The number of imidazole rings is 1. The number of benzene rings is 2. The summed E-state index contributed by atoms with van der Waals surface area (Å²) < 4.78 is 7.82. The normalized spacial score (nSPS) is 16.0. The van der Waals surface area contributed by atoms with Crippen molar-refractivity contribution < 1.29 is 9.53 Å². The maximum Gasteiger partial charge on any atom is 0.268 e. The molecular formula is C19H19N3O2. The Labute approximate surface area is 140 Å². The van der Waals surface area contributed by atoms with E-state index in [1.807, 2.05) is 48.5 Å². The first kappa shape index (κ1) is 14.8. The third kappa shape index (κ3) is 2.52. The highest BCUT2D eigenvalue weighted by atomic mass is 16.5. The van der Waals surface area contributed by atoms with E-state index in [-0.39, 0.29) is 5.91 Å². The lowest BCUT2D eigenvalue weighted by Gasteiger charge is -2.12. The summed E-state index contributed by atoms with van der Waals surface area (Å²) in [7, 11) is 0. The number of hydrogen-bond donors (Lipinski definition) is 1. The summed E-state index contributed by atoms with van der Waals surface area (Å²) in [5, 5.41) is 2.95. The van der Waals surface area contributed by atoms with Gasteiger partial charge in [-0.1, -0.05) is 37.3 Å². The molecule has 0 aliphatic carbocycles. The van der Waals surface area contributed by atoms with Crippen LogP contribution in [0, 0.1) is 0 Å². The Morgan fingerprint density at radius 3 is 2.88 bits per heavy atom. The molecule has 0 saturated carbocycles. The van der Waals surface area contributed by atoms with E-state index in [0.29, 0.717) is 12.4 Å². The summed E-state index contributed by atoms with van der Waals surface area (Å²) in [6.07, 6.45) is 1.06.